The number of aliphatic hydroxyl groups excluding tert-OH is 2. The largest absolute Gasteiger partial charge is 0.394 e. The van der Waals surface area contributed by atoms with Crippen LogP contribution < -0.4 is 0 Å². The van der Waals surface area contributed by atoms with Crippen LogP contribution in [0.5, 0.6) is 0 Å². The molecule has 1 unspecified atom stereocenters. The Labute approximate surface area is 81.2 Å². The molecule has 0 aliphatic heterocycles. The summed E-state index contributed by atoms with van der Waals surface area (Å²) in [4.78, 5) is 11.0. The molecule has 1 aromatic heterocycles. The van der Waals surface area contributed by atoms with Gasteiger partial charge in [0.15, 0.2) is 11.5 Å². The van der Waals surface area contributed by atoms with Gasteiger partial charge in [0, 0.05) is 6.92 Å². The van der Waals surface area contributed by atoms with Gasteiger partial charge in [-0.25, -0.2) is 4.68 Å². The minimum Gasteiger partial charge on any atom is -0.394 e. The highest BCUT2D eigenvalue weighted by Crippen LogP contribution is 2.04. The van der Waals surface area contributed by atoms with Gasteiger partial charge in [0.2, 0.25) is 0 Å². The molecule has 6 nitrogen and oxygen atoms in total. The summed E-state index contributed by atoms with van der Waals surface area (Å²) in [5.41, 5.74) is 0.903. The fourth-order valence-electron chi connectivity index (χ4n) is 1.12. The van der Waals surface area contributed by atoms with Crippen molar-refractivity contribution in [1.29, 1.82) is 0 Å². The van der Waals surface area contributed by atoms with E-state index in [9.17, 15) is 4.79 Å². The second-order valence-corrected chi connectivity index (χ2v) is 3.10. The fraction of sp³-hybridized carbons (Fsp3) is 0.625. The first-order chi connectivity index (χ1) is 6.56. The molecule has 6 heteroatoms. The molecule has 1 aromatic rings. The van der Waals surface area contributed by atoms with Crippen molar-refractivity contribution < 1.29 is 15.0 Å². The highest BCUT2D eigenvalue weighted by atomic mass is 16.3. The van der Waals surface area contributed by atoms with Gasteiger partial charge in [-0.05, 0) is 6.92 Å². The Balaban J connectivity index is 2.84. The van der Waals surface area contributed by atoms with Gasteiger partial charge in [-0.1, -0.05) is 5.21 Å². The molecule has 0 saturated heterocycles. The average molecular weight is 199 g/mol. The Morgan fingerprint density at radius 1 is 1.64 bits per heavy atom. The molecule has 14 heavy (non-hydrogen) atoms. The first-order valence-corrected chi connectivity index (χ1v) is 4.26. The number of hydrogen-bond acceptors (Lipinski definition) is 5. The quantitative estimate of drug-likeness (QED) is 0.616. The first-order valence-electron chi connectivity index (χ1n) is 4.26. The van der Waals surface area contributed by atoms with E-state index in [1.165, 1.54) is 11.6 Å². The highest BCUT2D eigenvalue weighted by Gasteiger charge is 2.14. The van der Waals surface area contributed by atoms with E-state index < -0.39 is 6.10 Å². The topological polar surface area (TPSA) is 88.2 Å². The average Bonchev–Trinajstić information content (AvgIpc) is 2.48. The number of aliphatic hydroxyl groups is 2. The summed E-state index contributed by atoms with van der Waals surface area (Å²) in [5, 5.41) is 25.2. The Bertz CT molecular complexity index is 335. The zero-order valence-corrected chi connectivity index (χ0v) is 8.14. The van der Waals surface area contributed by atoms with Crippen LogP contribution in [-0.4, -0.2) is 43.7 Å². The molecule has 0 radical (unpaired) electrons. The number of aromatic nitrogens is 3. The van der Waals surface area contributed by atoms with Crippen LogP contribution in [0.1, 0.15) is 23.1 Å². The van der Waals surface area contributed by atoms with Gasteiger partial charge in [-0.3, -0.25) is 4.79 Å². The first kappa shape index (κ1) is 10.8. The molecule has 0 aliphatic carbocycles. The van der Waals surface area contributed by atoms with Crippen LogP contribution in [-0.2, 0) is 6.54 Å². The van der Waals surface area contributed by atoms with Crippen molar-refractivity contribution in [3.8, 4) is 0 Å². The smallest absolute Gasteiger partial charge is 0.181 e. The number of carbonyl (C=O) groups is 1. The van der Waals surface area contributed by atoms with Crippen molar-refractivity contribution in [3.05, 3.63) is 11.4 Å². The van der Waals surface area contributed by atoms with E-state index >= 15 is 0 Å². The van der Waals surface area contributed by atoms with Crippen molar-refractivity contribution in [1.82, 2.24) is 15.0 Å². The van der Waals surface area contributed by atoms with Gasteiger partial charge in [0.1, 0.15) is 0 Å². The number of nitrogens with zero attached hydrogens (tertiary/aromatic N) is 3. The van der Waals surface area contributed by atoms with Gasteiger partial charge in [-0.2, -0.15) is 0 Å². The number of hydrogen-bond donors (Lipinski definition) is 2. The summed E-state index contributed by atoms with van der Waals surface area (Å²) in [5.74, 6) is -0.160. The Hall–Kier alpha value is -1.27. The van der Waals surface area contributed by atoms with E-state index in [-0.39, 0.29) is 18.9 Å². The minimum absolute atomic E-state index is 0.141. The summed E-state index contributed by atoms with van der Waals surface area (Å²) in [6.45, 7) is 2.90. The number of Topliss-reactive ketones (excluding diaryl/α,β-unsaturated/α-hetero) is 1. The van der Waals surface area contributed by atoms with E-state index in [1.54, 1.807) is 6.92 Å². The zero-order valence-electron chi connectivity index (χ0n) is 8.14. The molecule has 0 amide bonds. The Morgan fingerprint density at radius 3 is 2.71 bits per heavy atom. The maximum absolute atomic E-state index is 11.0. The maximum atomic E-state index is 11.0. The molecular weight excluding hydrogens is 186 g/mol. The van der Waals surface area contributed by atoms with Crippen molar-refractivity contribution >= 4 is 5.78 Å². The van der Waals surface area contributed by atoms with Crippen LogP contribution in [0, 0.1) is 6.92 Å². The van der Waals surface area contributed by atoms with Crippen LogP contribution in [0.4, 0.5) is 0 Å². The molecule has 1 atom stereocenters. The molecule has 0 spiro atoms. The predicted octanol–water partition coefficient (Wildman–Crippen LogP) is -0.858. The summed E-state index contributed by atoms with van der Waals surface area (Å²) < 4.78 is 1.40. The Kier molecular flexibility index (Phi) is 3.32. The third-order valence-electron chi connectivity index (χ3n) is 1.91. The lowest BCUT2D eigenvalue weighted by Crippen LogP contribution is -2.21. The van der Waals surface area contributed by atoms with E-state index in [2.05, 4.69) is 10.3 Å². The van der Waals surface area contributed by atoms with Crippen LogP contribution in [0.2, 0.25) is 0 Å². The van der Waals surface area contributed by atoms with Gasteiger partial charge < -0.3 is 10.2 Å². The van der Waals surface area contributed by atoms with Gasteiger partial charge >= 0.3 is 0 Å². The summed E-state index contributed by atoms with van der Waals surface area (Å²) in [7, 11) is 0. The third-order valence-corrected chi connectivity index (χ3v) is 1.91. The summed E-state index contributed by atoms with van der Waals surface area (Å²) >= 11 is 0. The van der Waals surface area contributed by atoms with Crippen LogP contribution in [0.15, 0.2) is 0 Å². The second-order valence-electron chi connectivity index (χ2n) is 3.10. The van der Waals surface area contributed by atoms with Crippen LogP contribution in [0.3, 0.4) is 0 Å². The molecule has 0 aliphatic rings. The molecule has 0 bridgehead atoms. The lowest BCUT2D eigenvalue weighted by molar-refractivity contribution is 0.0772. The summed E-state index contributed by atoms with van der Waals surface area (Å²) in [6.07, 6.45) is -0.879. The highest BCUT2D eigenvalue weighted by molar-refractivity contribution is 5.92. The van der Waals surface area contributed by atoms with Gasteiger partial charge in [0.05, 0.1) is 24.9 Å². The van der Waals surface area contributed by atoms with Crippen molar-refractivity contribution in [3.63, 3.8) is 0 Å². The minimum atomic E-state index is -0.879. The molecule has 1 rings (SSSR count). The molecule has 2 N–H and O–H groups in total. The normalized spacial score (nSPS) is 12.9. The van der Waals surface area contributed by atoms with E-state index in [0.717, 1.165) is 0 Å². The lowest BCUT2D eigenvalue weighted by atomic mass is 10.2. The second kappa shape index (κ2) is 4.30. The number of carbonyl (C=O) groups excluding carboxylic acids is 1. The molecular formula is C8H13N3O3. The van der Waals surface area contributed by atoms with E-state index in [0.29, 0.717) is 11.4 Å². The third kappa shape index (κ3) is 2.15. The molecule has 0 aromatic carbocycles. The number of rotatable bonds is 4. The maximum Gasteiger partial charge on any atom is 0.181 e. The fourth-order valence-corrected chi connectivity index (χ4v) is 1.12. The van der Waals surface area contributed by atoms with Gasteiger partial charge in [-0.15, -0.1) is 5.10 Å². The van der Waals surface area contributed by atoms with Gasteiger partial charge in [0.25, 0.3) is 0 Å². The Morgan fingerprint density at radius 2 is 2.29 bits per heavy atom. The zero-order chi connectivity index (χ0) is 10.7. The molecule has 0 fully saturated rings. The summed E-state index contributed by atoms with van der Waals surface area (Å²) in [6, 6.07) is 0. The van der Waals surface area contributed by atoms with E-state index in [4.69, 9.17) is 10.2 Å². The number of ketones is 1. The van der Waals surface area contributed by atoms with Crippen molar-refractivity contribution in [2.45, 2.75) is 26.5 Å². The van der Waals surface area contributed by atoms with Crippen molar-refractivity contribution in [2.75, 3.05) is 6.61 Å². The predicted molar refractivity (Wildman–Crippen MR) is 47.9 cm³/mol. The van der Waals surface area contributed by atoms with Crippen LogP contribution in [0.25, 0.3) is 0 Å². The van der Waals surface area contributed by atoms with Crippen LogP contribution >= 0.6 is 0 Å². The molecule has 1 heterocycles. The standard InChI is InChI=1S/C8H13N3O3/c1-5-8(6(2)13)9-10-11(5)3-7(14)4-12/h7,12,14H,3-4H2,1-2H3. The SMILES string of the molecule is CC(=O)c1nnn(CC(O)CO)c1C. The molecule has 0 saturated carbocycles. The van der Waals surface area contributed by atoms with Crippen molar-refractivity contribution in [2.24, 2.45) is 0 Å². The van der Waals surface area contributed by atoms with E-state index in [1.807, 2.05) is 0 Å². The molecule has 78 valence electrons. The monoisotopic (exact) mass is 199 g/mol. The lowest BCUT2D eigenvalue weighted by Gasteiger charge is -2.07.